The average Bonchev–Trinajstić information content (AvgIpc) is 3.15. The Morgan fingerprint density at radius 1 is 1.17 bits per heavy atom. The maximum Gasteiger partial charge on any atom is 0.246 e. The molecule has 3 aromatic rings. The van der Waals surface area contributed by atoms with E-state index in [9.17, 15) is 8.42 Å². The highest BCUT2D eigenvalue weighted by molar-refractivity contribution is 7.89. The van der Waals surface area contributed by atoms with Gasteiger partial charge in [-0.3, -0.25) is 0 Å². The summed E-state index contributed by atoms with van der Waals surface area (Å²) in [4.78, 5) is 12.6. The third-order valence-electron chi connectivity index (χ3n) is 3.36. The number of rotatable bonds is 6. The molecule has 0 aliphatic rings. The van der Waals surface area contributed by atoms with Crippen LogP contribution in [0.2, 0.25) is 0 Å². The van der Waals surface area contributed by atoms with Gasteiger partial charge in [-0.15, -0.1) is 0 Å². The molecule has 126 valence electrons. The molecule has 0 bridgehead atoms. The first-order valence-corrected chi connectivity index (χ1v) is 8.68. The second-order valence-electron chi connectivity index (χ2n) is 5.07. The Bertz CT molecular complexity index is 913. The lowest BCUT2D eigenvalue weighted by Gasteiger charge is -2.09. The van der Waals surface area contributed by atoms with E-state index in [-0.39, 0.29) is 17.2 Å². The van der Waals surface area contributed by atoms with Gasteiger partial charge in [0.15, 0.2) is 17.4 Å². The summed E-state index contributed by atoms with van der Waals surface area (Å²) in [5.74, 6) is 1.32. The SMILES string of the molecule is Cc1noc(C)c1S(=O)(=O)NCCn1ccnc1-c1ncccn1. The van der Waals surface area contributed by atoms with Gasteiger partial charge in [0.2, 0.25) is 10.0 Å². The highest BCUT2D eigenvalue weighted by Crippen LogP contribution is 2.18. The fourth-order valence-corrected chi connectivity index (χ4v) is 3.69. The molecular formula is C14H16N6O3S. The third-order valence-corrected chi connectivity index (χ3v) is 5.07. The Morgan fingerprint density at radius 2 is 1.92 bits per heavy atom. The summed E-state index contributed by atoms with van der Waals surface area (Å²) in [5, 5.41) is 3.67. The molecule has 0 atom stereocenters. The molecule has 24 heavy (non-hydrogen) atoms. The minimum atomic E-state index is -3.68. The van der Waals surface area contributed by atoms with Crippen LogP contribution in [0.15, 0.2) is 40.3 Å². The lowest BCUT2D eigenvalue weighted by molar-refractivity contribution is 0.390. The van der Waals surface area contributed by atoms with Crippen LogP contribution in [0.25, 0.3) is 11.6 Å². The number of imidazole rings is 1. The van der Waals surface area contributed by atoms with Gasteiger partial charge in [-0.2, -0.15) is 0 Å². The van der Waals surface area contributed by atoms with Gasteiger partial charge < -0.3 is 9.09 Å². The monoisotopic (exact) mass is 348 g/mol. The molecule has 0 fully saturated rings. The largest absolute Gasteiger partial charge is 0.360 e. The standard InChI is InChI=1S/C14H16N6O3S/c1-10-12(11(2)23-19-10)24(21,22)18-7-9-20-8-6-17-14(20)13-15-4-3-5-16-13/h3-6,8,18H,7,9H2,1-2H3. The summed E-state index contributed by atoms with van der Waals surface area (Å²) in [6.07, 6.45) is 6.62. The second-order valence-corrected chi connectivity index (χ2v) is 6.77. The van der Waals surface area contributed by atoms with Crippen LogP contribution in [0.3, 0.4) is 0 Å². The van der Waals surface area contributed by atoms with Gasteiger partial charge in [-0.1, -0.05) is 5.16 Å². The number of sulfonamides is 1. The molecule has 3 aromatic heterocycles. The van der Waals surface area contributed by atoms with Gasteiger partial charge in [0.1, 0.15) is 10.6 Å². The van der Waals surface area contributed by atoms with E-state index < -0.39 is 10.0 Å². The first-order chi connectivity index (χ1) is 11.5. The molecule has 3 heterocycles. The minimum Gasteiger partial charge on any atom is -0.360 e. The molecule has 0 unspecified atom stereocenters. The summed E-state index contributed by atoms with van der Waals surface area (Å²) >= 11 is 0. The van der Waals surface area contributed by atoms with Crippen molar-refractivity contribution in [3.05, 3.63) is 42.3 Å². The van der Waals surface area contributed by atoms with Gasteiger partial charge >= 0.3 is 0 Å². The summed E-state index contributed by atoms with van der Waals surface area (Å²) < 4.78 is 34.0. The summed E-state index contributed by atoms with van der Waals surface area (Å²) in [7, 11) is -3.68. The van der Waals surface area contributed by atoms with Crippen LogP contribution in [0.5, 0.6) is 0 Å². The van der Waals surface area contributed by atoms with Gasteiger partial charge in [0.05, 0.1) is 0 Å². The molecule has 10 heteroatoms. The third kappa shape index (κ3) is 3.19. The fourth-order valence-electron chi connectivity index (χ4n) is 2.34. The van der Waals surface area contributed by atoms with E-state index in [4.69, 9.17) is 4.52 Å². The van der Waals surface area contributed by atoms with E-state index in [1.165, 1.54) is 0 Å². The fraction of sp³-hybridized carbons (Fsp3) is 0.286. The Morgan fingerprint density at radius 3 is 2.58 bits per heavy atom. The van der Waals surface area contributed by atoms with Crippen LogP contribution in [0, 0.1) is 13.8 Å². The lowest BCUT2D eigenvalue weighted by Crippen LogP contribution is -2.28. The lowest BCUT2D eigenvalue weighted by atomic mass is 10.4. The summed E-state index contributed by atoms with van der Waals surface area (Å²) in [6, 6.07) is 1.72. The van der Waals surface area contributed by atoms with Gasteiger partial charge in [0, 0.05) is 37.9 Å². The second kappa shape index (κ2) is 6.49. The predicted molar refractivity (Wildman–Crippen MR) is 84.4 cm³/mol. The quantitative estimate of drug-likeness (QED) is 0.704. The molecule has 3 rings (SSSR count). The Hall–Kier alpha value is -2.59. The average molecular weight is 348 g/mol. The zero-order valence-electron chi connectivity index (χ0n) is 13.2. The maximum absolute atomic E-state index is 12.4. The normalized spacial score (nSPS) is 11.8. The van der Waals surface area contributed by atoms with Crippen molar-refractivity contribution >= 4 is 10.0 Å². The number of aryl methyl sites for hydroxylation is 2. The van der Waals surface area contributed by atoms with Crippen LogP contribution < -0.4 is 4.72 Å². The molecule has 0 amide bonds. The molecule has 0 aromatic carbocycles. The van der Waals surface area contributed by atoms with E-state index in [0.29, 0.717) is 23.9 Å². The highest BCUT2D eigenvalue weighted by atomic mass is 32.2. The highest BCUT2D eigenvalue weighted by Gasteiger charge is 2.23. The number of hydrogen-bond acceptors (Lipinski definition) is 7. The molecule has 0 aliphatic heterocycles. The molecule has 9 nitrogen and oxygen atoms in total. The van der Waals surface area contributed by atoms with Crippen molar-refractivity contribution in [1.82, 2.24) is 29.4 Å². The predicted octanol–water partition coefficient (Wildman–Crippen LogP) is 0.923. The number of aromatic nitrogens is 5. The van der Waals surface area contributed by atoms with Gasteiger partial charge in [-0.25, -0.2) is 28.1 Å². The first kappa shape index (κ1) is 16.3. The van der Waals surface area contributed by atoms with Crippen molar-refractivity contribution in [3.63, 3.8) is 0 Å². The van der Waals surface area contributed by atoms with E-state index in [1.807, 2.05) is 0 Å². The van der Waals surface area contributed by atoms with Crippen LogP contribution in [-0.2, 0) is 16.6 Å². The number of nitrogens with zero attached hydrogens (tertiary/aromatic N) is 5. The molecule has 0 saturated carbocycles. The van der Waals surface area contributed by atoms with Crippen LogP contribution in [0.4, 0.5) is 0 Å². The topological polar surface area (TPSA) is 116 Å². The zero-order chi connectivity index (χ0) is 17.2. The van der Waals surface area contributed by atoms with Crippen molar-refractivity contribution in [2.24, 2.45) is 0 Å². The Kier molecular flexibility index (Phi) is 4.40. The van der Waals surface area contributed by atoms with E-state index in [0.717, 1.165) is 0 Å². The van der Waals surface area contributed by atoms with Crippen LogP contribution in [-0.4, -0.2) is 39.6 Å². The minimum absolute atomic E-state index is 0.0831. The number of hydrogen-bond donors (Lipinski definition) is 1. The van der Waals surface area contributed by atoms with Crippen molar-refractivity contribution in [1.29, 1.82) is 0 Å². The van der Waals surface area contributed by atoms with E-state index >= 15 is 0 Å². The molecule has 0 spiro atoms. The van der Waals surface area contributed by atoms with E-state index in [1.54, 1.807) is 49.3 Å². The first-order valence-electron chi connectivity index (χ1n) is 7.20. The van der Waals surface area contributed by atoms with Crippen molar-refractivity contribution in [2.75, 3.05) is 6.54 Å². The zero-order valence-corrected chi connectivity index (χ0v) is 14.0. The van der Waals surface area contributed by atoms with Crippen molar-refractivity contribution in [2.45, 2.75) is 25.3 Å². The summed E-state index contributed by atoms with van der Waals surface area (Å²) in [6.45, 7) is 3.72. The summed E-state index contributed by atoms with van der Waals surface area (Å²) in [5.41, 5.74) is 0.334. The van der Waals surface area contributed by atoms with Crippen molar-refractivity contribution < 1.29 is 12.9 Å². The van der Waals surface area contributed by atoms with Gasteiger partial charge in [-0.05, 0) is 19.9 Å². The molecule has 0 radical (unpaired) electrons. The molecule has 0 aliphatic carbocycles. The molecular weight excluding hydrogens is 332 g/mol. The van der Waals surface area contributed by atoms with Crippen molar-refractivity contribution in [3.8, 4) is 11.6 Å². The van der Waals surface area contributed by atoms with Gasteiger partial charge in [0.25, 0.3) is 0 Å². The number of nitrogens with one attached hydrogen (secondary N) is 1. The molecule has 1 N–H and O–H groups in total. The van der Waals surface area contributed by atoms with Crippen LogP contribution >= 0.6 is 0 Å². The smallest absolute Gasteiger partial charge is 0.246 e. The Balaban J connectivity index is 1.71. The molecule has 0 saturated heterocycles. The Labute approximate surface area is 138 Å². The maximum atomic E-state index is 12.4. The van der Waals surface area contributed by atoms with E-state index in [2.05, 4.69) is 24.8 Å². The van der Waals surface area contributed by atoms with Crippen LogP contribution in [0.1, 0.15) is 11.5 Å².